The van der Waals surface area contributed by atoms with Crippen molar-refractivity contribution in [2.45, 2.75) is 31.6 Å². The number of nitrogens with zero attached hydrogens (tertiary/aromatic N) is 3. The van der Waals surface area contributed by atoms with Gasteiger partial charge in [-0.1, -0.05) is 13.8 Å². The Balaban J connectivity index is 1.71. The van der Waals surface area contributed by atoms with E-state index in [4.69, 9.17) is 0 Å². The maximum Gasteiger partial charge on any atom is 0.265 e. The summed E-state index contributed by atoms with van der Waals surface area (Å²) in [5, 5.41) is 1.71. The Kier molecular flexibility index (Phi) is 5.82. The SMILES string of the molecule is CC(C)CN1CCN(C(=O)c2sccc2S(=O)(=O)N2CCCC2)CC1. The van der Waals surface area contributed by atoms with E-state index in [9.17, 15) is 13.2 Å². The number of rotatable bonds is 5. The molecule has 0 bridgehead atoms. The van der Waals surface area contributed by atoms with Gasteiger partial charge in [0, 0.05) is 45.8 Å². The number of carbonyl (C=O) groups excluding carboxylic acids is 1. The third kappa shape index (κ3) is 4.07. The third-order valence-electron chi connectivity index (χ3n) is 4.79. The Morgan fingerprint density at radius 2 is 1.76 bits per heavy atom. The third-order valence-corrected chi connectivity index (χ3v) is 7.76. The van der Waals surface area contributed by atoms with Crippen LogP contribution in [0.5, 0.6) is 0 Å². The normalized spacial score (nSPS) is 20.5. The molecule has 1 aromatic rings. The van der Waals surface area contributed by atoms with Gasteiger partial charge in [-0.05, 0) is 30.2 Å². The molecule has 2 aliphatic heterocycles. The van der Waals surface area contributed by atoms with Gasteiger partial charge >= 0.3 is 0 Å². The van der Waals surface area contributed by atoms with Gasteiger partial charge in [0.1, 0.15) is 9.77 Å². The molecule has 0 N–H and O–H groups in total. The Labute approximate surface area is 154 Å². The molecule has 0 atom stereocenters. The van der Waals surface area contributed by atoms with Crippen LogP contribution >= 0.6 is 11.3 Å². The number of sulfonamides is 1. The van der Waals surface area contributed by atoms with E-state index in [0.717, 1.165) is 32.5 Å². The van der Waals surface area contributed by atoms with Gasteiger partial charge in [-0.2, -0.15) is 4.31 Å². The van der Waals surface area contributed by atoms with Crippen LogP contribution in [0.15, 0.2) is 16.3 Å². The lowest BCUT2D eigenvalue weighted by atomic mass is 10.2. The molecule has 3 heterocycles. The summed E-state index contributed by atoms with van der Waals surface area (Å²) in [5.74, 6) is 0.466. The molecule has 0 unspecified atom stereocenters. The van der Waals surface area contributed by atoms with Crippen LogP contribution in [-0.4, -0.2) is 74.2 Å². The first-order valence-corrected chi connectivity index (χ1v) is 11.3. The Morgan fingerprint density at radius 3 is 2.36 bits per heavy atom. The van der Waals surface area contributed by atoms with Gasteiger partial charge in [-0.25, -0.2) is 8.42 Å². The maximum atomic E-state index is 12.9. The molecule has 1 aromatic heterocycles. The first-order valence-electron chi connectivity index (χ1n) is 8.99. The summed E-state index contributed by atoms with van der Waals surface area (Å²) in [6, 6.07) is 1.58. The summed E-state index contributed by atoms with van der Waals surface area (Å²) in [6.45, 7) is 9.55. The number of piperazine rings is 1. The van der Waals surface area contributed by atoms with E-state index < -0.39 is 10.0 Å². The van der Waals surface area contributed by atoms with Crippen LogP contribution in [0.3, 0.4) is 0 Å². The number of carbonyl (C=O) groups is 1. The van der Waals surface area contributed by atoms with Crippen molar-refractivity contribution in [2.24, 2.45) is 5.92 Å². The van der Waals surface area contributed by atoms with Crippen molar-refractivity contribution >= 4 is 27.3 Å². The molecule has 2 fully saturated rings. The Hall–Kier alpha value is -0.960. The lowest BCUT2D eigenvalue weighted by molar-refractivity contribution is 0.0625. The zero-order chi connectivity index (χ0) is 18.0. The number of hydrogen-bond acceptors (Lipinski definition) is 5. The predicted octanol–water partition coefficient (Wildman–Crippen LogP) is 1.95. The molecule has 0 radical (unpaired) electrons. The smallest absolute Gasteiger partial charge is 0.265 e. The van der Waals surface area contributed by atoms with E-state index >= 15 is 0 Å². The van der Waals surface area contributed by atoms with Gasteiger partial charge < -0.3 is 4.90 Å². The lowest BCUT2D eigenvalue weighted by Crippen LogP contribution is -2.49. The molecule has 2 saturated heterocycles. The van der Waals surface area contributed by atoms with Crippen molar-refractivity contribution < 1.29 is 13.2 Å². The van der Waals surface area contributed by atoms with Gasteiger partial charge in [0.05, 0.1) is 0 Å². The van der Waals surface area contributed by atoms with Crippen LogP contribution in [0, 0.1) is 5.92 Å². The van der Waals surface area contributed by atoms with Crippen LogP contribution in [0.4, 0.5) is 0 Å². The quantitative estimate of drug-likeness (QED) is 0.777. The van der Waals surface area contributed by atoms with Gasteiger partial charge in [0.15, 0.2) is 0 Å². The Bertz CT molecular complexity index is 700. The molecule has 0 spiro atoms. The largest absolute Gasteiger partial charge is 0.335 e. The first kappa shape index (κ1) is 18.8. The van der Waals surface area contributed by atoms with Crippen molar-refractivity contribution in [2.75, 3.05) is 45.8 Å². The highest BCUT2D eigenvalue weighted by Gasteiger charge is 2.33. The van der Waals surface area contributed by atoms with Gasteiger partial charge in [-0.3, -0.25) is 9.69 Å². The van der Waals surface area contributed by atoms with Crippen LogP contribution in [-0.2, 0) is 10.0 Å². The summed E-state index contributed by atoms with van der Waals surface area (Å²) < 4.78 is 27.2. The second kappa shape index (κ2) is 7.73. The average molecular weight is 386 g/mol. The molecule has 8 heteroatoms. The fourth-order valence-corrected chi connectivity index (χ4v) is 6.40. The van der Waals surface area contributed by atoms with Crippen molar-refractivity contribution in [3.8, 4) is 0 Å². The summed E-state index contributed by atoms with van der Waals surface area (Å²) >= 11 is 1.24. The average Bonchev–Trinajstić information content (AvgIpc) is 3.26. The van der Waals surface area contributed by atoms with Crippen LogP contribution in [0.25, 0.3) is 0 Å². The van der Waals surface area contributed by atoms with Crippen molar-refractivity contribution in [3.63, 3.8) is 0 Å². The molecule has 0 aliphatic carbocycles. The van der Waals surface area contributed by atoms with Crippen molar-refractivity contribution in [1.82, 2.24) is 14.1 Å². The van der Waals surface area contributed by atoms with Gasteiger partial charge in [-0.15, -0.1) is 11.3 Å². The highest BCUT2D eigenvalue weighted by molar-refractivity contribution is 7.89. The fraction of sp³-hybridized carbons (Fsp3) is 0.706. The van der Waals surface area contributed by atoms with E-state index in [0.29, 0.717) is 37.0 Å². The van der Waals surface area contributed by atoms with Crippen molar-refractivity contribution in [3.05, 3.63) is 16.3 Å². The maximum absolute atomic E-state index is 12.9. The molecular weight excluding hydrogens is 358 g/mol. The summed E-state index contributed by atoms with van der Waals surface area (Å²) in [7, 11) is -3.55. The second-order valence-electron chi connectivity index (χ2n) is 7.21. The standard InChI is InChI=1S/C17H27N3O3S2/c1-14(2)13-18-8-10-19(11-9-18)17(21)16-15(5-12-24-16)25(22,23)20-6-3-4-7-20/h5,12,14H,3-4,6-11,13H2,1-2H3. The highest BCUT2D eigenvalue weighted by Crippen LogP contribution is 2.29. The highest BCUT2D eigenvalue weighted by atomic mass is 32.2. The number of hydrogen-bond donors (Lipinski definition) is 0. The molecule has 3 rings (SSSR count). The monoisotopic (exact) mass is 385 g/mol. The molecule has 25 heavy (non-hydrogen) atoms. The fourth-order valence-electron chi connectivity index (χ4n) is 3.52. The molecule has 140 valence electrons. The number of amides is 1. The number of thiophene rings is 1. The summed E-state index contributed by atoms with van der Waals surface area (Å²) in [6.07, 6.45) is 1.79. The zero-order valence-electron chi connectivity index (χ0n) is 15.0. The molecule has 6 nitrogen and oxygen atoms in total. The van der Waals surface area contributed by atoms with Crippen LogP contribution in [0.2, 0.25) is 0 Å². The summed E-state index contributed by atoms with van der Waals surface area (Å²) in [5.41, 5.74) is 0. The van der Waals surface area contributed by atoms with Crippen LogP contribution < -0.4 is 0 Å². The minimum atomic E-state index is -3.55. The molecule has 0 aromatic carbocycles. The van der Waals surface area contributed by atoms with Crippen molar-refractivity contribution in [1.29, 1.82) is 0 Å². The van der Waals surface area contributed by atoms with E-state index in [2.05, 4.69) is 18.7 Å². The molecule has 2 aliphatic rings. The van der Waals surface area contributed by atoms with Crippen LogP contribution in [0.1, 0.15) is 36.4 Å². The van der Waals surface area contributed by atoms with E-state index in [1.807, 2.05) is 0 Å². The van der Waals surface area contributed by atoms with E-state index in [-0.39, 0.29) is 10.8 Å². The lowest BCUT2D eigenvalue weighted by Gasteiger charge is -2.35. The second-order valence-corrected chi connectivity index (χ2v) is 10.0. The zero-order valence-corrected chi connectivity index (χ0v) is 16.6. The minimum absolute atomic E-state index is 0.142. The Morgan fingerprint density at radius 1 is 1.12 bits per heavy atom. The topological polar surface area (TPSA) is 60.9 Å². The van der Waals surface area contributed by atoms with Gasteiger partial charge in [0.25, 0.3) is 5.91 Å². The van der Waals surface area contributed by atoms with Gasteiger partial charge in [0.2, 0.25) is 10.0 Å². The summed E-state index contributed by atoms with van der Waals surface area (Å²) in [4.78, 5) is 17.6. The van der Waals surface area contributed by atoms with E-state index in [1.165, 1.54) is 15.6 Å². The van der Waals surface area contributed by atoms with E-state index in [1.54, 1.807) is 16.3 Å². The molecule has 1 amide bonds. The minimum Gasteiger partial charge on any atom is -0.335 e. The molecule has 0 saturated carbocycles. The first-order chi connectivity index (χ1) is 11.9. The predicted molar refractivity (Wildman–Crippen MR) is 99.5 cm³/mol. The molecular formula is C17H27N3O3S2.